The van der Waals surface area contributed by atoms with Crippen LogP contribution in [0.4, 0.5) is 0 Å². The molecule has 1 heterocycles. The smallest absolute Gasteiger partial charge is 0.332 e. The van der Waals surface area contributed by atoms with Crippen molar-refractivity contribution in [2.45, 2.75) is 51.6 Å². The van der Waals surface area contributed by atoms with Crippen molar-refractivity contribution < 1.29 is 14.6 Å². The summed E-state index contributed by atoms with van der Waals surface area (Å²) in [6.45, 7) is 5.30. The summed E-state index contributed by atoms with van der Waals surface area (Å²) in [5, 5.41) is 8.72. The summed E-state index contributed by atoms with van der Waals surface area (Å²) in [6, 6.07) is 0. The van der Waals surface area contributed by atoms with Crippen molar-refractivity contribution in [1.82, 2.24) is 4.90 Å². The van der Waals surface area contributed by atoms with E-state index in [1.165, 1.54) is 38.5 Å². The Bertz CT molecular complexity index is 277. The van der Waals surface area contributed by atoms with Crippen LogP contribution in [0.2, 0.25) is 0 Å². The van der Waals surface area contributed by atoms with Crippen molar-refractivity contribution >= 4 is 5.97 Å². The number of ether oxygens (including phenoxy) is 1. The van der Waals surface area contributed by atoms with Crippen LogP contribution < -0.4 is 0 Å². The number of hydrogen-bond acceptors (Lipinski definition) is 3. The summed E-state index contributed by atoms with van der Waals surface area (Å²) in [5.74, 6) is -0.876. The van der Waals surface area contributed by atoms with Gasteiger partial charge in [-0.1, -0.05) is 12.8 Å². The minimum absolute atomic E-state index is 0.528. The first-order valence-electron chi connectivity index (χ1n) is 7.18. The van der Waals surface area contributed by atoms with Crippen LogP contribution in [0.3, 0.4) is 0 Å². The largest absolute Gasteiger partial charge is 0.479 e. The highest BCUT2D eigenvalue weighted by Gasteiger charge is 2.36. The monoisotopic (exact) mass is 255 g/mol. The Kier molecular flexibility index (Phi) is 4.62. The Balaban J connectivity index is 1.63. The standard InChI is InChI=1S/C14H25NO3/c1-12(13(16)17)18-11-10-15-8-6-14(7-9-15)4-2-3-5-14/h12H,2-11H2,1H3,(H,16,17). The first kappa shape index (κ1) is 13.8. The van der Waals surface area contributed by atoms with Gasteiger partial charge < -0.3 is 14.7 Å². The van der Waals surface area contributed by atoms with Crippen molar-refractivity contribution in [3.8, 4) is 0 Å². The molecule has 2 fully saturated rings. The molecule has 0 aromatic carbocycles. The zero-order valence-corrected chi connectivity index (χ0v) is 11.4. The third-order valence-corrected chi connectivity index (χ3v) is 4.70. The Morgan fingerprint density at radius 1 is 1.28 bits per heavy atom. The van der Waals surface area contributed by atoms with Crippen LogP contribution in [-0.4, -0.2) is 48.3 Å². The fourth-order valence-electron chi connectivity index (χ4n) is 3.31. The van der Waals surface area contributed by atoms with Crippen LogP contribution >= 0.6 is 0 Å². The van der Waals surface area contributed by atoms with Crippen molar-refractivity contribution in [1.29, 1.82) is 0 Å². The highest BCUT2D eigenvalue weighted by molar-refractivity contribution is 5.71. The van der Waals surface area contributed by atoms with Crippen LogP contribution in [0.1, 0.15) is 45.4 Å². The average Bonchev–Trinajstić information content (AvgIpc) is 2.80. The van der Waals surface area contributed by atoms with Gasteiger partial charge in [0.2, 0.25) is 0 Å². The maximum Gasteiger partial charge on any atom is 0.332 e. The molecule has 2 aliphatic rings. The van der Waals surface area contributed by atoms with Gasteiger partial charge in [0, 0.05) is 6.54 Å². The van der Waals surface area contributed by atoms with E-state index in [0.29, 0.717) is 12.0 Å². The third-order valence-electron chi connectivity index (χ3n) is 4.70. The maximum absolute atomic E-state index is 10.6. The zero-order chi connectivity index (χ0) is 13.0. The molecular weight excluding hydrogens is 230 g/mol. The van der Waals surface area contributed by atoms with E-state index in [0.717, 1.165) is 19.6 Å². The molecular formula is C14H25NO3. The van der Waals surface area contributed by atoms with E-state index in [2.05, 4.69) is 4.90 Å². The maximum atomic E-state index is 10.6. The SMILES string of the molecule is CC(OCCN1CCC2(CCCC2)CC1)C(=O)O. The lowest BCUT2D eigenvalue weighted by atomic mass is 9.77. The summed E-state index contributed by atoms with van der Waals surface area (Å²) >= 11 is 0. The number of piperidine rings is 1. The van der Waals surface area contributed by atoms with Gasteiger partial charge in [-0.15, -0.1) is 0 Å². The Morgan fingerprint density at radius 3 is 2.44 bits per heavy atom. The minimum Gasteiger partial charge on any atom is -0.479 e. The van der Waals surface area contributed by atoms with E-state index in [9.17, 15) is 4.79 Å². The van der Waals surface area contributed by atoms with E-state index >= 15 is 0 Å². The zero-order valence-electron chi connectivity index (χ0n) is 11.4. The molecule has 1 unspecified atom stereocenters. The molecule has 0 amide bonds. The van der Waals surface area contributed by atoms with Crippen LogP contribution in [-0.2, 0) is 9.53 Å². The number of carboxylic acids is 1. The number of carbonyl (C=O) groups is 1. The molecule has 0 bridgehead atoms. The average molecular weight is 255 g/mol. The number of nitrogens with zero attached hydrogens (tertiary/aromatic N) is 1. The van der Waals surface area contributed by atoms with Gasteiger partial charge in [-0.2, -0.15) is 0 Å². The molecule has 0 radical (unpaired) electrons. The number of hydrogen-bond donors (Lipinski definition) is 1. The first-order chi connectivity index (χ1) is 8.61. The van der Waals surface area contributed by atoms with Crippen LogP contribution in [0, 0.1) is 5.41 Å². The lowest BCUT2D eigenvalue weighted by Crippen LogP contribution is -2.40. The van der Waals surface area contributed by atoms with Crippen molar-refractivity contribution in [2.75, 3.05) is 26.2 Å². The van der Waals surface area contributed by atoms with E-state index in [4.69, 9.17) is 9.84 Å². The van der Waals surface area contributed by atoms with E-state index in [1.54, 1.807) is 6.92 Å². The Hall–Kier alpha value is -0.610. The molecule has 1 aliphatic heterocycles. The quantitative estimate of drug-likeness (QED) is 0.817. The second-order valence-electron chi connectivity index (χ2n) is 5.90. The van der Waals surface area contributed by atoms with Gasteiger partial charge in [-0.3, -0.25) is 0 Å². The fraction of sp³-hybridized carbons (Fsp3) is 0.929. The van der Waals surface area contributed by atoms with Crippen molar-refractivity contribution in [3.63, 3.8) is 0 Å². The highest BCUT2D eigenvalue weighted by atomic mass is 16.5. The van der Waals surface area contributed by atoms with Gasteiger partial charge in [0.05, 0.1) is 6.61 Å². The normalized spacial score (nSPS) is 25.4. The van der Waals surface area contributed by atoms with Gasteiger partial charge in [-0.25, -0.2) is 4.79 Å². The lowest BCUT2D eigenvalue weighted by Gasteiger charge is -2.39. The number of rotatable bonds is 5. The van der Waals surface area contributed by atoms with Crippen LogP contribution in [0.5, 0.6) is 0 Å². The number of aliphatic carboxylic acids is 1. The lowest BCUT2D eigenvalue weighted by molar-refractivity contribution is -0.149. The number of likely N-dealkylation sites (tertiary alicyclic amines) is 1. The van der Waals surface area contributed by atoms with Crippen LogP contribution in [0.15, 0.2) is 0 Å². The van der Waals surface area contributed by atoms with Gasteiger partial charge in [0.15, 0.2) is 6.10 Å². The summed E-state index contributed by atoms with van der Waals surface area (Å²) in [6.07, 6.45) is 7.64. The molecule has 1 N–H and O–H groups in total. The van der Waals surface area contributed by atoms with Gasteiger partial charge in [0.1, 0.15) is 0 Å². The highest BCUT2D eigenvalue weighted by Crippen LogP contribution is 2.45. The van der Waals surface area contributed by atoms with Crippen molar-refractivity contribution in [3.05, 3.63) is 0 Å². The second-order valence-corrected chi connectivity index (χ2v) is 5.90. The summed E-state index contributed by atoms with van der Waals surface area (Å²) in [7, 11) is 0. The Labute approximate surface area is 109 Å². The molecule has 1 aliphatic carbocycles. The van der Waals surface area contributed by atoms with Crippen LogP contribution in [0.25, 0.3) is 0 Å². The first-order valence-corrected chi connectivity index (χ1v) is 7.18. The predicted molar refractivity (Wildman–Crippen MR) is 69.6 cm³/mol. The summed E-state index contributed by atoms with van der Waals surface area (Å²) in [5.41, 5.74) is 0.658. The molecule has 0 aromatic rings. The molecule has 18 heavy (non-hydrogen) atoms. The summed E-state index contributed by atoms with van der Waals surface area (Å²) in [4.78, 5) is 13.0. The second kappa shape index (κ2) is 6.02. The molecule has 1 atom stereocenters. The van der Waals surface area contributed by atoms with Gasteiger partial charge in [0.25, 0.3) is 0 Å². The fourth-order valence-corrected chi connectivity index (χ4v) is 3.31. The summed E-state index contributed by atoms with van der Waals surface area (Å²) < 4.78 is 5.28. The molecule has 2 rings (SSSR count). The molecule has 1 saturated carbocycles. The Morgan fingerprint density at radius 2 is 1.89 bits per heavy atom. The van der Waals surface area contributed by atoms with Crippen molar-refractivity contribution in [2.24, 2.45) is 5.41 Å². The number of carboxylic acid groups (broad SMARTS) is 1. The molecule has 104 valence electrons. The predicted octanol–water partition coefficient (Wildman–Crippen LogP) is 2.13. The van der Waals surface area contributed by atoms with E-state index in [1.807, 2.05) is 0 Å². The van der Waals surface area contributed by atoms with Gasteiger partial charge in [-0.05, 0) is 51.1 Å². The van der Waals surface area contributed by atoms with Gasteiger partial charge >= 0.3 is 5.97 Å². The minimum atomic E-state index is -0.876. The molecule has 4 nitrogen and oxygen atoms in total. The molecule has 1 spiro atoms. The molecule has 0 aromatic heterocycles. The topological polar surface area (TPSA) is 49.8 Å². The van der Waals surface area contributed by atoms with E-state index < -0.39 is 12.1 Å². The third kappa shape index (κ3) is 3.45. The van der Waals surface area contributed by atoms with E-state index in [-0.39, 0.29) is 0 Å². The molecule has 1 saturated heterocycles. The molecule has 4 heteroatoms.